The zero-order valence-corrected chi connectivity index (χ0v) is 12.1. The Bertz CT molecular complexity index is 491. The standard InChI is InChI=1S/C16H21NO3/c1-4-12(3)15(16(19)20)17-14(18)10-9-13-7-5-11(2)6-8-13/h5-10,12,15H,4H2,1-3H3,(H,17,18)(H,19,20)/b10-9+/t12?,15-/m0/s1. The fourth-order valence-electron chi connectivity index (χ4n) is 1.73. The van der Waals surface area contributed by atoms with E-state index in [2.05, 4.69) is 5.32 Å². The number of aliphatic carboxylic acids is 1. The molecule has 108 valence electrons. The number of aryl methyl sites for hydroxylation is 1. The van der Waals surface area contributed by atoms with Crippen molar-refractivity contribution >= 4 is 18.0 Å². The van der Waals surface area contributed by atoms with E-state index in [-0.39, 0.29) is 5.92 Å². The van der Waals surface area contributed by atoms with Crippen LogP contribution in [0, 0.1) is 12.8 Å². The van der Waals surface area contributed by atoms with E-state index in [9.17, 15) is 9.59 Å². The van der Waals surface area contributed by atoms with Crippen molar-refractivity contribution in [2.45, 2.75) is 33.2 Å². The van der Waals surface area contributed by atoms with Crippen LogP contribution in [0.15, 0.2) is 30.3 Å². The van der Waals surface area contributed by atoms with Crippen LogP contribution in [-0.2, 0) is 9.59 Å². The molecule has 1 aromatic rings. The molecule has 1 aromatic carbocycles. The first-order chi connectivity index (χ1) is 9.43. The monoisotopic (exact) mass is 275 g/mol. The maximum absolute atomic E-state index is 11.8. The molecule has 0 heterocycles. The van der Waals surface area contributed by atoms with Crippen LogP contribution in [0.2, 0.25) is 0 Å². The third kappa shape index (κ3) is 4.88. The van der Waals surface area contributed by atoms with E-state index in [0.29, 0.717) is 6.42 Å². The Morgan fingerprint density at radius 3 is 2.40 bits per heavy atom. The maximum atomic E-state index is 11.8. The van der Waals surface area contributed by atoms with Crippen molar-refractivity contribution < 1.29 is 14.7 Å². The highest BCUT2D eigenvalue weighted by Gasteiger charge is 2.24. The summed E-state index contributed by atoms with van der Waals surface area (Å²) in [4.78, 5) is 22.9. The second kappa shape index (κ2) is 7.48. The van der Waals surface area contributed by atoms with E-state index >= 15 is 0 Å². The van der Waals surface area contributed by atoms with Gasteiger partial charge in [0.1, 0.15) is 6.04 Å². The van der Waals surface area contributed by atoms with Gasteiger partial charge in [0.2, 0.25) is 5.91 Å². The second-order valence-corrected chi connectivity index (χ2v) is 4.95. The SMILES string of the molecule is CCC(C)[C@H](NC(=O)/C=C/c1ccc(C)cc1)C(=O)O. The van der Waals surface area contributed by atoms with Crippen molar-refractivity contribution in [1.82, 2.24) is 5.32 Å². The summed E-state index contributed by atoms with van der Waals surface area (Å²) in [5.74, 6) is -1.50. The van der Waals surface area contributed by atoms with Crippen LogP contribution in [0.25, 0.3) is 6.08 Å². The number of carboxylic acid groups (broad SMARTS) is 1. The molecule has 0 aromatic heterocycles. The predicted octanol–water partition coefficient (Wildman–Crippen LogP) is 2.62. The number of amides is 1. The lowest BCUT2D eigenvalue weighted by molar-refractivity contribution is -0.142. The van der Waals surface area contributed by atoms with Gasteiger partial charge in [-0.25, -0.2) is 4.79 Å². The number of carbonyl (C=O) groups excluding carboxylic acids is 1. The molecular weight excluding hydrogens is 254 g/mol. The maximum Gasteiger partial charge on any atom is 0.326 e. The number of benzene rings is 1. The van der Waals surface area contributed by atoms with Crippen LogP contribution in [0.3, 0.4) is 0 Å². The van der Waals surface area contributed by atoms with Crippen LogP contribution in [-0.4, -0.2) is 23.0 Å². The van der Waals surface area contributed by atoms with Crippen molar-refractivity contribution in [2.75, 3.05) is 0 Å². The molecule has 4 nitrogen and oxygen atoms in total. The Kier molecular flexibility index (Phi) is 5.97. The molecule has 4 heteroatoms. The van der Waals surface area contributed by atoms with E-state index in [1.807, 2.05) is 45.0 Å². The van der Waals surface area contributed by atoms with E-state index in [1.165, 1.54) is 6.08 Å². The van der Waals surface area contributed by atoms with Crippen molar-refractivity contribution in [1.29, 1.82) is 0 Å². The lowest BCUT2D eigenvalue weighted by Gasteiger charge is -2.19. The van der Waals surface area contributed by atoms with Crippen molar-refractivity contribution in [3.63, 3.8) is 0 Å². The van der Waals surface area contributed by atoms with Gasteiger partial charge in [-0.15, -0.1) is 0 Å². The summed E-state index contributed by atoms with van der Waals surface area (Å²) in [6.07, 6.45) is 3.73. The van der Waals surface area contributed by atoms with Crippen molar-refractivity contribution in [2.24, 2.45) is 5.92 Å². The average molecular weight is 275 g/mol. The first kappa shape index (κ1) is 16.0. The highest BCUT2D eigenvalue weighted by atomic mass is 16.4. The van der Waals surface area contributed by atoms with E-state index in [1.54, 1.807) is 6.08 Å². The van der Waals surface area contributed by atoms with Gasteiger partial charge in [-0.3, -0.25) is 4.79 Å². The third-order valence-electron chi connectivity index (χ3n) is 3.28. The summed E-state index contributed by atoms with van der Waals surface area (Å²) in [6, 6.07) is 6.87. The summed E-state index contributed by atoms with van der Waals surface area (Å²) in [7, 11) is 0. The van der Waals surface area contributed by atoms with Crippen molar-refractivity contribution in [3.05, 3.63) is 41.5 Å². The molecule has 1 amide bonds. The van der Waals surface area contributed by atoms with Crippen LogP contribution < -0.4 is 5.32 Å². The van der Waals surface area contributed by atoms with Crippen LogP contribution in [0.5, 0.6) is 0 Å². The summed E-state index contributed by atoms with van der Waals surface area (Å²) in [5, 5.41) is 11.6. The average Bonchev–Trinajstić information content (AvgIpc) is 2.43. The Morgan fingerprint density at radius 2 is 1.90 bits per heavy atom. The minimum Gasteiger partial charge on any atom is -0.480 e. The van der Waals surface area contributed by atoms with Gasteiger partial charge in [-0.2, -0.15) is 0 Å². The highest BCUT2D eigenvalue weighted by molar-refractivity contribution is 5.94. The molecule has 0 aliphatic heterocycles. The first-order valence-electron chi connectivity index (χ1n) is 6.72. The summed E-state index contributed by atoms with van der Waals surface area (Å²) < 4.78 is 0. The summed E-state index contributed by atoms with van der Waals surface area (Å²) >= 11 is 0. The molecule has 1 unspecified atom stereocenters. The minimum atomic E-state index is -1.00. The molecular formula is C16H21NO3. The topological polar surface area (TPSA) is 66.4 Å². The van der Waals surface area contributed by atoms with Crippen LogP contribution >= 0.6 is 0 Å². The van der Waals surface area contributed by atoms with Crippen LogP contribution in [0.1, 0.15) is 31.4 Å². The largest absolute Gasteiger partial charge is 0.480 e. The number of carbonyl (C=O) groups is 2. The lowest BCUT2D eigenvalue weighted by Crippen LogP contribution is -2.44. The van der Waals surface area contributed by atoms with Gasteiger partial charge < -0.3 is 10.4 Å². The minimum absolute atomic E-state index is 0.107. The molecule has 1 rings (SSSR count). The molecule has 0 saturated heterocycles. The Hall–Kier alpha value is -2.10. The lowest BCUT2D eigenvalue weighted by atomic mass is 9.99. The Morgan fingerprint density at radius 1 is 1.30 bits per heavy atom. The first-order valence-corrected chi connectivity index (χ1v) is 6.72. The van der Waals surface area contributed by atoms with Gasteiger partial charge in [-0.1, -0.05) is 50.1 Å². The Labute approximate surface area is 119 Å². The van der Waals surface area contributed by atoms with Crippen molar-refractivity contribution in [3.8, 4) is 0 Å². The molecule has 0 spiro atoms. The molecule has 2 atom stereocenters. The normalized spacial score (nSPS) is 13.9. The number of hydrogen-bond donors (Lipinski definition) is 2. The van der Waals surface area contributed by atoms with Gasteiger partial charge in [0.15, 0.2) is 0 Å². The number of rotatable bonds is 6. The molecule has 0 aliphatic rings. The quantitative estimate of drug-likeness (QED) is 0.784. The number of carboxylic acids is 1. The number of hydrogen-bond acceptors (Lipinski definition) is 2. The van der Waals surface area contributed by atoms with Gasteiger partial charge in [0.05, 0.1) is 0 Å². The second-order valence-electron chi connectivity index (χ2n) is 4.95. The number of nitrogens with one attached hydrogen (secondary N) is 1. The molecule has 0 radical (unpaired) electrons. The molecule has 20 heavy (non-hydrogen) atoms. The fraction of sp³-hybridized carbons (Fsp3) is 0.375. The van der Waals surface area contributed by atoms with Gasteiger partial charge in [-0.05, 0) is 24.5 Å². The Balaban J connectivity index is 2.66. The van der Waals surface area contributed by atoms with E-state index in [0.717, 1.165) is 11.1 Å². The van der Waals surface area contributed by atoms with Gasteiger partial charge >= 0.3 is 5.97 Å². The summed E-state index contributed by atoms with van der Waals surface area (Å²) in [6.45, 7) is 5.70. The van der Waals surface area contributed by atoms with E-state index in [4.69, 9.17) is 5.11 Å². The molecule has 0 aliphatic carbocycles. The molecule has 2 N–H and O–H groups in total. The van der Waals surface area contributed by atoms with E-state index < -0.39 is 17.9 Å². The molecule has 0 fully saturated rings. The smallest absolute Gasteiger partial charge is 0.326 e. The highest BCUT2D eigenvalue weighted by Crippen LogP contribution is 2.08. The molecule has 0 bridgehead atoms. The van der Waals surface area contributed by atoms with Gasteiger partial charge in [0, 0.05) is 6.08 Å². The third-order valence-corrected chi connectivity index (χ3v) is 3.28. The fourth-order valence-corrected chi connectivity index (χ4v) is 1.73. The zero-order valence-electron chi connectivity index (χ0n) is 12.1. The summed E-state index contributed by atoms with van der Waals surface area (Å²) in [5.41, 5.74) is 2.05. The predicted molar refractivity (Wildman–Crippen MR) is 79.2 cm³/mol. The zero-order chi connectivity index (χ0) is 15.1. The van der Waals surface area contributed by atoms with Crippen LogP contribution in [0.4, 0.5) is 0 Å². The molecule has 0 saturated carbocycles. The van der Waals surface area contributed by atoms with Gasteiger partial charge in [0.25, 0.3) is 0 Å².